The Morgan fingerprint density at radius 3 is 2.89 bits per heavy atom. The molecule has 5 heteroatoms. The zero-order chi connectivity index (χ0) is 13.2. The number of thiophene rings is 1. The Hall–Kier alpha value is -1.20. The van der Waals surface area contributed by atoms with Crippen molar-refractivity contribution in [3.8, 4) is 0 Å². The third-order valence-electron chi connectivity index (χ3n) is 3.21. The highest BCUT2D eigenvalue weighted by Crippen LogP contribution is 2.29. The van der Waals surface area contributed by atoms with E-state index in [0.717, 1.165) is 28.4 Å². The number of rotatable bonds is 5. The Balaban J connectivity index is 1.68. The van der Waals surface area contributed by atoms with Crippen LogP contribution in [0.1, 0.15) is 28.4 Å². The molecule has 1 aliphatic rings. The Bertz CT molecular complexity index is 558. The van der Waals surface area contributed by atoms with E-state index in [1.807, 2.05) is 29.3 Å². The number of hydrogen-bond donors (Lipinski definition) is 0. The Labute approximate surface area is 120 Å². The van der Waals surface area contributed by atoms with Gasteiger partial charge in [-0.15, -0.1) is 22.7 Å². The summed E-state index contributed by atoms with van der Waals surface area (Å²) >= 11 is 3.30. The smallest absolute Gasteiger partial charge is 0.228 e. The van der Waals surface area contributed by atoms with E-state index in [2.05, 4.69) is 10.4 Å². The molecule has 2 aromatic rings. The molecule has 1 aliphatic carbocycles. The first-order chi connectivity index (χ1) is 9.22. The highest BCUT2D eigenvalue weighted by Gasteiger charge is 2.32. The standard InChI is InChI=1S/C14H16N2OS2/c1-10-15-11(9-19-10)8-16(12-4-5-12)14(17)7-13-3-2-6-18-13/h2-3,6,9,12H,4-5,7-8H2,1H3. The molecule has 0 bridgehead atoms. The van der Waals surface area contributed by atoms with Crippen molar-refractivity contribution in [1.29, 1.82) is 0 Å². The topological polar surface area (TPSA) is 33.2 Å². The third-order valence-corrected chi connectivity index (χ3v) is 4.91. The second-order valence-corrected chi connectivity index (χ2v) is 6.96. The number of thiazole rings is 1. The summed E-state index contributed by atoms with van der Waals surface area (Å²) in [4.78, 5) is 20.0. The van der Waals surface area contributed by atoms with Crippen LogP contribution in [0.5, 0.6) is 0 Å². The first kappa shape index (κ1) is 12.8. The Morgan fingerprint density at radius 1 is 1.47 bits per heavy atom. The van der Waals surface area contributed by atoms with Crippen molar-refractivity contribution >= 4 is 28.6 Å². The maximum absolute atomic E-state index is 12.4. The van der Waals surface area contributed by atoms with Gasteiger partial charge < -0.3 is 4.90 Å². The van der Waals surface area contributed by atoms with Crippen molar-refractivity contribution in [2.45, 2.75) is 38.8 Å². The van der Waals surface area contributed by atoms with Crippen LogP contribution in [0.3, 0.4) is 0 Å². The molecular weight excluding hydrogens is 276 g/mol. The van der Waals surface area contributed by atoms with Gasteiger partial charge in [-0.1, -0.05) is 6.07 Å². The van der Waals surface area contributed by atoms with Crippen molar-refractivity contribution in [2.75, 3.05) is 0 Å². The van der Waals surface area contributed by atoms with Crippen LogP contribution in [0.2, 0.25) is 0 Å². The molecule has 3 rings (SSSR count). The van der Waals surface area contributed by atoms with Gasteiger partial charge in [0.2, 0.25) is 5.91 Å². The van der Waals surface area contributed by atoms with Crippen LogP contribution in [-0.4, -0.2) is 21.8 Å². The van der Waals surface area contributed by atoms with Crippen molar-refractivity contribution < 1.29 is 4.79 Å². The molecule has 0 unspecified atom stereocenters. The molecule has 0 atom stereocenters. The summed E-state index contributed by atoms with van der Waals surface area (Å²) in [5.41, 5.74) is 1.02. The summed E-state index contributed by atoms with van der Waals surface area (Å²) in [6, 6.07) is 4.47. The number of hydrogen-bond acceptors (Lipinski definition) is 4. The number of amides is 1. The van der Waals surface area contributed by atoms with E-state index in [1.54, 1.807) is 22.7 Å². The molecule has 1 fully saturated rings. The fourth-order valence-corrected chi connectivity index (χ4v) is 3.43. The van der Waals surface area contributed by atoms with Gasteiger partial charge in [-0.2, -0.15) is 0 Å². The molecule has 0 saturated heterocycles. The zero-order valence-electron chi connectivity index (χ0n) is 10.8. The molecule has 0 aliphatic heterocycles. The quantitative estimate of drug-likeness (QED) is 0.847. The summed E-state index contributed by atoms with van der Waals surface area (Å²) in [6.45, 7) is 2.67. The SMILES string of the molecule is Cc1nc(CN(C(=O)Cc2cccs2)C2CC2)cs1. The van der Waals surface area contributed by atoms with E-state index < -0.39 is 0 Å². The lowest BCUT2D eigenvalue weighted by atomic mass is 10.3. The third kappa shape index (κ3) is 3.22. The van der Waals surface area contributed by atoms with Gasteiger partial charge >= 0.3 is 0 Å². The highest BCUT2D eigenvalue weighted by atomic mass is 32.1. The van der Waals surface area contributed by atoms with E-state index in [4.69, 9.17) is 0 Å². The summed E-state index contributed by atoms with van der Waals surface area (Å²) in [5, 5.41) is 5.15. The van der Waals surface area contributed by atoms with E-state index in [9.17, 15) is 4.79 Å². The first-order valence-corrected chi connectivity index (χ1v) is 8.21. The van der Waals surface area contributed by atoms with Crippen molar-refractivity contribution in [1.82, 2.24) is 9.88 Å². The number of aromatic nitrogens is 1. The number of carbonyl (C=O) groups excluding carboxylic acids is 1. The average Bonchev–Trinajstić information content (AvgIpc) is 2.94. The summed E-state index contributed by atoms with van der Waals surface area (Å²) < 4.78 is 0. The van der Waals surface area contributed by atoms with Crippen LogP contribution < -0.4 is 0 Å². The van der Waals surface area contributed by atoms with Gasteiger partial charge in [0.1, 0.15) is 0 Å². The lowest BCUT2D eigenvalue weighted by Gasteiger charge is -2.21. The summed E-state index contributed by atoms with van der Waals surface area (Å²) in [7, 11) is 0. The van der Waals surface area contributed by atoms with Crippen LogP contribution in [0.4, 0.5) is 0 Å². The first-order valence-electron chi connectivity index (χ1n) is 6.45. The van der Waals surface area contributed by atoms with Gasteiger partial charge in [-0.05, 0) is 31.2 Å². The molecule has 1 saturated carbocycles. The van der Waals surface area contributed by atoms with Crippen LogP contribution in [0.15, 0.2) is 22.9 Å². The van der Waals surface area contributed by atoms with Crippen LogP contribution in [0.25, 0.3) is 0 Å². The average molecular weight is 292 g/mol. The summed E-state index contributed by atoms with van der Waals surface area (Å²) in [5.74, 6) is 0.232. The van der Waals surface area contributed by atoms with E-state index in [0.29, 0.717) is 19.0 Å². The highest BCUT2D eigenvalue weighted by molar-refractivity contribution is 7.10. The fourth-order valence-electron chi connectivity index (χ4n) is 2.13. The molecule has 2 heterocycles. The normalized spacial score (nSPS) is 14.6. The van der Waals surface area contributed by atoms with E-state index in [1.165, 1.54) is 0 Å². The van der Waals surface area contributed by atoms with Crippen LogP contribution in [0, 0.1) is 6.92 Å². The van der Waals surface area contributed by atoms with E-state index in [-0.39, 0.29) is 5.91 Å². The molecule has 3 nitrogen and oxygen atoms in total. The molecular formula is C14H16N2OS2. The molecule has 0 aromatic carbocycles. The van der Waals surface area contributed by atoms with Gasteiger partial charge in [0.25, 0.3) is 0 Å². The molecule has 0 radical (unpaired) electrons. The second kappa shape index (κ2) is 5.43. The van der Waals surface area contributed by atoms with Crippen LogP contribution >= 0.6 is 22.7 Å². The van der Waals surface area contributed by atoms with Gasteiger partial charge in [0.15, 0.2) is 0 Å². The Morgan fingerprint density at radius 2 is 2.32 bits per heavy atom. The number of nitrogens with zero attached hydrogens (tertiary/aromatic N) is 2. The lowest BCUT2D eigenvalue weighted by Crippen LogP contribution is -2.33. The molecule has 100 valence electrons. The van der Waals surface area contributed by atoms with Crippen molar-refractivity contribution in [3.63, 3.8) is 0 Å². The van der Waals surface area contributed by atoms with Gasteiger partial charge in [-0.3, -0.25) is 4.79 Å². The van der Waals surface area contributed by atoms with Gasteiger partial charge in [0.05, 0.1) is 23.7 Å². The fraction of sp³-hybridized carbons (Fsp3) is 0.429. The van der Waals surface area contributed by atoms with Crippen LogP contribution in [-0.2, 0) is 17.8 Å². The molecule has 2 aromatic heterocycles. The molecule has 19 heavy (non-hydrogen) atoms. The maximum Gasteiger partial charge on any atom is 0.228 e. The largest absolute Gasteiger partial charge is 0.333 e. The number of carbonyl (C=O) groups is 1. The minimum Gasteiger partial charge on any atom is -0.333 e. The second-order valence-electron chi connectivity index (χ2n) is 4.87. The maximum atomic E-state index is 12.4. The molecule has 1 amide bonds. The summed E-state index contributed by atoms with van der Waals surface area (Å²) in [6.07, 6.45) is 2.80. The molecule has 0 spiro atoms. The number of aryl methyl sites for hydroxylation is 1. The van der Waals surface area contributed by atoms with Gasteiger partial charge in [-0.25, -0.2) is 4.98 Å². The van der Waals surface area contributed by atoms with Crippen molar-refractivity contribution in [2.24, 2.45) is 0 Å². The van der Waals surface area contributed by atoms with Gasteiger partial charge in [0, 0.05) is 16.3 Å². The predicted octanol–water partition coefficient (Wildman–Crippen LogP) is 3.25. The van der Waals surface area contributed by atoms with E-state index >= 15 is 0 Å². The zero-order valence-corrected chi connectivity index (χ0v) is 12.5. The molecule has 0 N–H and O–H groups in total. The predicted molar refractivity (Wildman–Crippen MR) is 78.4 cm³/mol. The monoisotopic (exact) mass is 292 g/mol. The minimum absolute atomic E-state index is 0.232. The van der Waals surface area contributed by atoms with Crippen molar-refractivity contribution in [3.05, 3.63) is 38.5 Å². The minimum atomic E-state index is 0.232. The Kier molecular flexibility index (Phi) is 3.66. The lowest BCUT2D eigenvalue weighted by molar-refractivity contribution is -0.131.